The van der Waals surface area contributed by atoms with Crippen molar-refractivity contribution < 1.29 is 14.3 Å². The fourth-order valence-electron chi connectivity index (χ4n) is 2.87. The van der Waals surface area contributed by atoms with Gasteiger partial charge in [-0.15, -0.1) is 0 Å². The van der Waals surface area contributed by atoms with Gasteiger partial charge in [-0.25, -0.2) is 0 Å². The third kappa shape index (κ3) is 2.82. The summed E-state index contributed by atoms with van der Waals surface area (Å²) in [5.74, 6) is -0.338. The first kappa shape index (κ1) is 15.3. The van der Waals surface area contributed by atoms with Crippen LogP contribution in [-0.4, -0.2) is 19.5 Å². The van der Waals surface area contributed by atoms with E-state index in [4.69, 9.17) is 9.16 Å². The minimum Gasteiger partial charge on any atom is -0.456 e. The second-order valence-corrected chi connectivity index (χ2v) is 11.1. The van der Waals surface area contributed by atoms with E-state index < -0.39 is 20.2 Å². The molecule has 3 nitrogen and oxygen atoms in total. The van der Waals surface area contributed by atoms with Gasteiger partial charge in [0.25, 0.3) is 5.79 Å². The van der Waals surface area contributed by atoms with Crippen molar-refractivity contribution in [2.75, 3.05) is 0 Å². The Labute approximate surface area is 132 Å². The van der Waals surface area contributed by atoms with Crippen LogP contribution in [0, 0.1) is 0 Å². The number of aliphatic hydroxyl groups excluding tert-OH is 1. The summed E-state index contributed by atoms with van der Waals surface area (Å²) in [5.41, 5.74) is 1.88. The summed E-state index contributed by atoms with van der Waals surface area (Å²) in [5, 5.41) is 10.9. The summed E-state index contributed by atoms with van der Waals surface area (Å²) < 4.78 is 12.6. The van der Waals surface area contributed by atoms with Gasteiger partial charge in [0.05, 0.1) is 0 Å². The fourth-order valence-corrected chi connectivity index (χ4v) is 4.08. The minimum absolute atomic E-state index is 0.523. The summed E-state index contributed by atoms with van der Waals surface area (Å²) >= 11 is 0. The van der Waals surface area contributed by atoms with Gasteiger partial charge < -0.3 is 14.3 Å². The molecule has 0 saturated heterocycles. The molecule has 1 N–H and O–H groups in total. The van der Waals surface area contributed by atoms with Gasteiger partial charge in [-0.3, -0.25) is 0 Å². The summed E-state index contributed by atoms with van der Waals surface area (Å²) in [6, 6.07) is 17.6. The zero-order valence-corrected chi connectivity index (χ0v) is 14.2. The van der Waals surface area contributed by atoms with Crippen molar-refractivity contribution in [3.63, 3.8) is 0 Å². The lowest BCUT2D eigenvalue weighted by atomic mass is 9.91. The molecule has 22 heavy (non-hydrogen) atoms. The molecular formula is C18H22O3Si. The highest BCUT2D eigenvalue weighted by atomic mass is 28.4. The lowest BCUT2D eigenvalue weighted by Gasteiger charge is -2.45. The van der Waals surface area contributed by atoms with Crippen molar-refractivity contribution in [2.24, 2.45) is 0 Å². The average Bonchev–Trinajstić information content (AvgIpc) is 2.47. The van der Waals surface area contributed by atoms with Crippen LogP contribution in [0.2, 0.25) is 19.6 Å². The molecule has 1 aliphatic rings. The molecule has 2 aromatic rings. The van der Waals surface area contributed by atoms with Crippen molar-refractivity contribution >= 4 is 8.32 Å². The molecule has 1 heterocycles. The van der Waals surface area contributed by atoms with Crippen LogP contribution in [0.3, 0.4) is 0 Å². The molecule has 2 aromatic carbocycles. The van der Waals surface area contributed by atoms with E-state index in [0.717, 1.165) is 16.9 Å². The third-order valence-corrected chi connectivity index (χ3v) is 4.64. The molecule has 0 amide bonds. The predicted octanol–water partition coefficient (Wildman–Crippen LogP) is 3.69. The number of benzene rings is 2. The van der Waals surface area contributed by atoms with E-state index in [2.05, 4.69) is 19.6 Å². The molecule has 0 aromatic heterocycles. The highest BCUT2D eigenvalue weighted by molar-refractivity contribution is 6.69. The SMILES string of the molecule is C[Si](C)(C)OC1(c2ccccc2)Oc2ccccc2CC1O. The molecule has 0 radical (unpaired) electrons. The van der Waals surface area contributed by atoms with E-state index in [1.165, 1.54) is 0 Å². The van der Waals surface area contributed by atoms with Gasteiger partial charge in [0.1, 0.15) is 11.9 Å². The smallest absolute Gasteiger partial charge is 0.254 e. The third-order valence-electron chi connectivity index (χ3n) is 3.72. The van der Waals surface area contributed by atoms with Crippen LogP contribution < -0.4 is 4.74 Å². The van der Waals surface area contributed by atoms with Crippen LogP contribution in [0.25, 0.3) is 0 Å². The van der Waals surface area contributed by atoms with Crippen molar-refractivity contribution in [3.05, 3.63) is 65.7 Å². The molecule has 4 heteroatoms. The number of fused-ring (bicyclic) bond motifs is 1. The second-order valence-electron chi connectivity index (χ2n) is 6.68. The van der Waals surface area contributed by atoms with Gasteiger partial charge >= 0.3 is 0 Å². The molecule has 0 spiro atoms. The molecule has 2 atom stereocenters. The fraction of sp³-hybridized carbons (Fsp3) is 0.333. The zero-order chi connectivity index (χ0) is 15.8. The summed E-state index contributed by atoms with van der Waals surface area (Å²) in [4.78, 5) is 0. The van der Waals surface area contributed by atoms with E-state index in [1.807, 2.05) is 54.6 Å². The Balaban J connectivity index is 2.11. The molecule has 0 fully saturated rings. The van der Waals surface area contributed by atoms with Gasteiger partial charge in [-0.2, -0.15) is 0 Å². The van der Waals surface area contributed by atoms with Gasteiger partial charge in [0.2, 0.25) is 0 Å². The maximum atomic E-state index is 10.9. The van der Waals surface area contributed by atoms with E-state index in [1.54, 1.807) is 0 Å². The standard InChI is InChI=1S/C18H22O3Si/c1-22(2,3)21-18(15-10-5-4-6-11-15)17(19)13-14-9-7-8-12-16(14)20-18/h4-12,17,19H,13H2,1-3H3. The number of hydrogen-bond donors (Lipinski definition) is 1. The van der Waals surface area contributed by atoms with Crippen molar-refractivity contribution in [2.45, 2.75) is 38.0 Å². The maximum Gasteiger partial charge on any atom is 0.254 e. The van der Waals surface area contributed by atoms with Crippen LogP contribution in [0.15, 0.2) is 54.6 Å². The highest BCUT2D eigenvalue weighted by Crippen LogP contribution is 2.42. The molecule has 0 bridgehead atoms. The lowest BCUT2D eigenvalue weighted by Crippen LogP contribution is -2.55. The number of ether oxygens (including phenoxy) is 1. The van der Waals surface area contributed by atoms with Gasteiger partial charge in [-0.1, -0.05) is 48.5 Å². The van der Waals surface area contributed by atoms with Crippen molar-refractivity contribution in [1.82, 2.24) is 0 Å². The summed E-state index contributed by atoms with van der Waals surface area (Å²) in [6.07, 6.45) is -0.216. The van der Waals surface area contributed by atoms with E-state index in [-0.39, 0.29) is 0 Å². The average molecular weight is 314 g/mol. The van der Waals surface area contributed by atoms with Gasteiger partial charge in [0, 0.05) is 12.0 Å². The van der Waals surface area contributed by atoms with E-state index in [9.17, 15) is 5.11 Å². The Morgan fingerprint density at radius 2 is 1.68 bits per heavy atom. The van der Waals surface area contributed by atoms with Gasteiger partial charge in [0.15, 0.2) is 8.32 Å². The number of rotatable bonds is 3. The van der Waals surface area contributed by atoms with Crippen LogP contribution in [0.5, 0.6) is 5.75 Å². The highest BCUT2D eigenvalue weighted by Gasteiger charge is 2.49. The van der Waals surface area contributed by atoms with Crippen LogP contribution >= 0.6 is 0 Å². The summed E-state index contributed by atoms with van der Waals surface area (Å²) in [6.45, 7) is 6.32. The quantitative estimate of drug-likeness (QED) is 0.878. The normalized spacial score (nSPS) is 24.5. The predicted molar refractivity (Wildman–Crippen MR) is 89.3 cm³/mol. The van der Waals surface area contributed by atoms with Crippen molar-refractivity contribution in [3.8, 4) is 5.75 Å². The first-order chi connectivity index (χ1) is 10.4. The molecule has 3 rings (SSSR count). The maximum absolute atomic E-state index is 10.9. The Hall–Kier alpha value is -1.62. The monoisotopic (exact) mass is 314 g/mol. The van der Waals surface area contributed by atoms with E-state index >= 15 is 0 Å². The first-order valence-corrected chi connectivity index (χ1v) is 11.0. The molecular weight excluding hydrogens is 292 g/mol. The molecule has 1 aliphatic heterocycles. The molecule has 2 unspecified atom stereocenters. The summed E-state index contributed by atoms with van der Waals surface area (Å²) in [7, 11) is -1.95. The second kappa shape index (κ2) is 5.54. The molecule has 116 valence electrons. The molecule has 0 saturated carbocycles. The number of hydrogen-bond acceptors (Lipinski definition) is 3. The Morgan fingerprint density at radius 1 is 1.05 bits per heavy atom. The Kier molecular flexibility index (Phi) is 3.85. The Bertz CT molecular complexity index is 651. The van der Waals surface area contributed by atoms with E-state index in [0.29, 0.717) is 6.42 Å². The van der Waals surface area contributed by atoms with Crippen LogP contribution in [0.1, 0.15) is 11.1 Å². The number of para-hydroxylation sites is 1. The zero-order valence-electron chi connectivity index (χ0n) is 13.2. The van der Waals surface area contributed by atoms with Crippen molar-refractivity contribution in [1.29, 1.82) is 0 Å². The number of aliphatic hydroxyl groups is 1. The largest absolute Gasteiger partial charge is 0.456 e. The molecule has 0 aliphatic carbocycles. The van der Waals surface area contributed by atoms with Crippen LogP contribution in [0.4, 0.5) is 0 Å². The lowest BCUT2D eigenvalue weighted by molar-refractivity contribution is -0.208. The van der Waals surface area contributed by atoms with Gasteiger partial charge in [-0.05, 0) is 31.3 Å². The first-order valence-electron chi connectivity index (χ1n) is 7.61. The topological polar surface area (TPSA) is 38.7 Å². The Morgan fingerprint density at radius 3 is 2.36 bits per heavy atom. The minimum atomic E-state index is -1.95. The van der Waals surface area contributed by atoms with Crippen LogP contribution in [-0.2, 0) is 16.6 Å².